The second kappa shape index (κ2) is 12.3. The van der Waals surface area contributed by atoms with E-state index < -0.39 is 0 Å². The number of aryl methyl sites for hydroxylation is 4. The van der Waals surface area contributed by atoms with Gasteiger partial charge in [-0.25, -0.2) is 15.0 Å². The highest BCUT2D eigenvalue weighted by atomic mass is 15.0. The Hall–Kier alpha value is -5.81. The fourth-order valence-electron chi connectivity index (χ4n) is 5.91. The van der Waals surface area contributed by atoms with E-state index in [2.05, 4.69) is 131 Å². The predicted molar refractivity (Wildman–Crippen MR) is 187 cm³/mol. The normalized spacial score (nSPS) is 11.0. The topological polar surface area (TPSA) is 64.5 Å². The van der Waals surface area contributed by atoms with Gasteiger partial charge in [0.2, 0.25) is 0 Å². The summed E-state index contributed by atoms with van der Waals surface area (Å²) in [5, 5.41) is 0. The molecular formula is C41H33N5. The van der Waals surface area contributed by atoms with Gasteiger partial charge in [-0.3, -0.25) is 9.97 Å². The molecular weight excluding hydrogens is 562 g/mol. The van der Waals surface area contributed by atoms with Crippen LogP contribution in [-0.2, 0) is 0 Å². The third-order valence-electron chi connectivity index (χ3n) is 7.93. The van der Waals surface area contributed by atoms with Gasteiger partial charge in [0.05, 0.1) is 0 Å². The van der Waals surface area contributed by atoms with Gasteiger partial charge in [0.15, 0.2) is 17.5 Å². The first-order valence-corrected chi connectivity index (χ1v) is 15.4. The standard InChI is InChI=1S/C41H33N5/c1-26-19-37(20-27(2)42-26)32-14-9-17-35(24-32)40-44-39(34-16-8-13-31(23-34)30-11-6-5-7-12-30)45-41(46-40)36-18-10-15-33(25-36)38-21-28(3)43-29(4)22-38/h5-25H,1-4H3. The van der Waals surface area contributed by atoms with Gasteiger partial charge in [0.1, 0.15) is 0 Å². The smallest absolute Gasteiger partial charge is 0.164 e. The van der Waals surface area contributed by atoms with Crippen LogP contribution in [0.3, 0.4) is 0 Å². The summed E-state index contributed by atoms with van der Waals surface area (Å²) < 4.78 is 0. The van der Waals surface area contributed by atoms with E-state index in [1.54, 1.807) is 0 Å². The maximum absolute atomic E-state index is 5.07. The molecule has 0 fully saturated rings. The van der Waals surface area contributed by atoms with Crippen LogP contribution in [-0.4, -0.2) is 24.9 Å². The summed E-state index contributed by atoms with van der Waals surface area (Å²) in [6, 6.07) is 44.0. The highest BCUT2D eigenvalue weighted by molar-refractivity contribution is 5.76. The Morgan fingerprint density at radius 1 is 0.261 bits per heavy atom. The Morgan fingerprint density at radius 3 is 0.935 bits per heavy atom. The molecule has 0 spiro atoms. The monoisotopic (exact) mass is 595 g/mol. The quantitative estimate of drug-likeness (QED) is 0.191. The van der Waals surface area contributed by atoms with Crippen LogP contribution >= 0.6 is 0 Å². The van der Waals surface area contributed by atoms with Crippen molar-refractivity contribution in [1.29, 1.82) is 0 Å². The number of hydrogen-bond acceptors (Lipinski definition) is 5. The van der Waals surface area contributed by atoms with Crippen molar-refractivity contribution in [3.63, 3.8) is 0 Å². The van der Waals surface area contributed by atoms with Gasteiger partial charge < -0.3 is 0 Å². The van der Waals surface area contributed by atoms with E-state index in [1.807, 2.05) is 33.8 Å². The zero-order valence-electron chi connectivity index (χ0n) is 26.4. The van der Waals surface area contributed by atoms with Crippen molar-refractivity contribution < 1.29 is 0 Å². The molecule has 4 aromatic carbocycles. The summed E-state index contributed by atoms with van der Waals surface area (Å²) in [6.45, 7) is 8.10. The summed E-state index contributed by atoms with van der Waals surface area (Å²) in [7, 11) is 0. The van der Waals surface area contributed by atoms with Crippen LogP contribution in [0.1, 0.15) is 22.8 Å². The van der Waals surface area contributed by atoms with Gasteiger partial charge in [-0.15, -0.1) is 0 Å². The first kappa shape index (κ1) is 28.9. The molecule has 0 radical (unpaired) electrons. The van der Waals surface area contributed by atoms with Crippen molar-refractivity contribution in [2.75, 3.05) is 0 Å². The highest BCUT2D eigenvalue weighted by Crippen LogP contribution is 2.32. The van der Waals surface area contributed by atoms with Gasteiger partial charge >= 0.3 is 0 Å². The number of nitrogens with zero attached hydrogens (tertiary/aromatic N) is 5. The molecule has 7 aromatic rings. The van der Waals surface area contributed by atoms with E-state index in [1.165, 1.54) is 0 Å². The molecule has 0 saturated heterocycles. The molecule has 222 valence electrons. The van der Waals surface area contributed by atoms with Crippen LogP contribution in [0.25, 0.3) is 67.5 Å². The molecule has 0 aliphatic heterocycles. The number of aromatic nitrogens is 5. The summed E-state index contributed by atoms with van der Waals surface area (Å²) in [6.07, 6.45) is 0. The lowest BCUT2D eigenvalue weighted by atomic mass is 10.0. The van der Waals surface area contributed by atoms with E-state index in [-0.39, 0.29) is 0 Å². The van der Waals surface area contributed by atoms with E-state index in [0.717, 1.165) is 72.8 Å². The average Bonchev–Trinajstić information content (AvgIpc) is 3.08. The Kier molecular flexibility index (Phi) is 7.73. The molecule has 0 aliphatic carbocycles. The molecule has 0 bridgehead atoms. The van der Waals surface area contributed by atoms with E-state index >= 15 is 0 Å². The average molecular weight is 596 g/mol. The van der Waals surface area contributed by atoms with Crippen LogP contribution < -0.4 is 0 Å². The van der Waals surface area contributed by atoms with Crippen molar-refractivity contribution in [2.45, 2.75) is 27.7 Å². The summed E-state index contributed by atoms with van der Waals surface area (Å²) >= 11 is 0. The fraction of sp³-hybridized carbons (Fsp3) is 0.0976. The Balaban J connectivity index is 1.38. The first-order chi connectivity index (χ1) is 22.4. The molecule has 46 heavy (non-hydrogen) atoms. The Labute approximate surface area is 269 Å². The summed E-state index contributed by atoms with van der Waals surface area (Å²) in [4.78, 5) is 24.3. The molecule has 5 heteroatoms. The number of pyridine rings is 2. The molecule has 0 aliphatic rings. The lowest BCUT2D eigenvalue weighted by Crippen LogP contribution is -2.00. The molecule has 0 atom stereocenters. The zero-order chi connectivity index (χ0) is 31.6. The van der Waals surface area contributed by atoms with Crippen LogP contribution in [0, 0.1) is 27.7 Å². The lowest BCUT2D eigenvalue weighted by molar-refractivity contribution is 1.07. The summed E-state index contributed by atoms with van der Waals surface area (Å²) in [5.41, 5.74) is 13.4. The third kappa shape index (κ3) is 6.21. The maximum atomic E-state index is 5.07. The van der Waals surface area contributed by atoms with E-state index in [0.29, 0.717) is 17.5 Å². The Morgan fingerprint density at radius 2 is 0.565 bits per heavy atom. The third-order valence-corrected chi connectivity index (χ3v) is 7.93. The second-order valence-corrected chi connectivity index (χ2v) is 11.7. The molecule has 0 N–H and O–H groups in total. The molecule has 0 amide bonds. The second-order valence-electron chi connectivity index (χ2n) is 11.7. The van der Waals surface area contributed by atoms with E-state index in [9.17, 15) is 0 Å². The fourth-order valence-corrected chi connectivity index (χ4v) is 5.91. The van der Waals surface area contributed by atoms with Crippen molar-refractivity contribution in [1.82, 2.24) is 24.9 Å². The number of benzene rings is 4. The largest absolute Gasteiger partial charge is 0.258 e. The summed E-state index contributed by atoms with van der Waals surface area (Å²) in [5.74, 6) is 1.87. The minimum Gasteiger partial charge on any atom is -0.258 e. The van der Waals surface area contributed by atoms with Crippen molar-refractivity contribution in [3.05, 3.63) is 150 Å². The van der Waals surface area contributed by atoms with Crippen molar-refractivity contribution in [3.8, 4) is 67.5 Å². The highest BCUT2D eigenvalue weighted by Gasteiger charge is 2.15. The molecule has 0 unspecified atom stereocenters. The van der Waals surface area contributed by atoms with Crippen LogP contribution in [0.4, 0.5) is 0 Å². The van der Waals surface area contributed by atoms with Crippen molar-refractivity contribution in [2.24, 2.45) is 0 Å². The van der Waals surface area contributed by atoms with Gasteiger partial charge in [-0.1, -0.05) is 84.9 Å². The molecule has 7 rings (SSSR count). The minimum absolute atomic E-state index is 0.621. The van der Waals surface area contributed by atoms with Crippen LogP contribution in [0.15, 0.2) is 127 Å². The van der Waals surface area contributed by atoms with Gasteiger partial charge in [0.25, 0.3) is 0 Å². The molecule has 0 saturated carbocycles. The van der Waals surface area contributed by atoms with Gasteiger partial charge in [-0.05, 0) is 104 Å². The molecule has 5 nitrogen and oxygen atoms in total. The SMILES string of the molecule is Cc1cc(-c2cccc(-c3nc(-c4cccc(-c5ccccc5)c4)nc(-c4cccc(-c5cc(C)nc(C)c5)c4)n3)c2)cc(C)n1. The Bertz CT molecular complexity index is 2050. The number of hydrogen-bond donors (Lipinski definition) is 0. The molecule has 3 aromatic heterocycles. The lowest BCUT2D eigenvalue weighted by Gasteiger charge is -2.12. The predicted octanol–water partition coefficient (Wildman–Crippen LogP) is 9.90. The first-order valence-electron chi connectivity index (χ1n) is 15.4. The van der Waals surface area contributed by atoms with Crippen molar-refractivity contribution >= 4 is 0 Å². The van der Waals surface area contributed by atoms with E-state index in [4.69, 9.17) is 15.0 Å². The minimum atomic E-state index is 0.621. The molecule has 3 heterocycles. The number of rotatable bonds is 6. The van der Waals surface area contributed by atoms with Gasteiger partial charge in [-0.2, -0.15) is 0 Å². The zero-order valence-corrected chi connectivity index (χ0v) is 26.4. The maximum Gasteiger partial charge on any atom is 0.164 e. The van der Waals surface area contributed by atoms with Crippen LogP contribution in [0.5, 0.6) is 0 Å². The van der Waals surface area contributed by atoms with Crippen LogP contribution in [0.2, 0.25) is 0 Å². The van der Waals surface area contributed by atoms with Gasteiger partial charge in [0, 0.05) is 39.5 Å².